The van der Waals surface area contributed by atoms with Gasteiger partial charge in [0.1, 0.15) is 0 Å². The fourth-order valence-electron chi connectivity index (χ4n) is 0.526. The molecule has 0 atom stereocenters. The molecule has 0 aromatic rings. The second-order valence-corrected chi connectivity index (χ2v) is 4.77. The Bertz CT molecular complexity index is 84.2. The summed E-state index contributed by atoms with van der Waals surface area (Å²) in [5, 5.41) is 8.14. The molecule has 0 aliphatic carbocycles. The van der Waals surface area contributed by atoms with Crippen molar-refractivity contribution in [2.24, 2.45) is 0 Å². The molecule has 0 saturated carbocycles. The molecule has 11 heavy (non-hydrogen) atoms. The minimum absolute atomic E-state index is 0.327. The normalized spacial score (nSPS) is 8.36. The van der Waals surface area contributed by atoms with E-state index >= 15 is 0 Å². The first-order valence-electron chi connectivity index (χ1n) is 4.40. The van der Waals surface area contributed by atoms with Crippen molar-refractivity contribution in [2.45, 2.75) is 40.0 Å². The van der Waals surface area contributed by atoms with Gasteiger partial charge < -0.3 is 5.11 Å². The molecule has 3 heteroatoms. The van der Waals surface area contributed by atoms with Crippen LogP contribution in [-0.2, 0) is 4.79 Å². The van der Waals surface area contributed by atoms with Gasteiger partial charge in [0, 0.05) is 6.42 Å². The van der Waals surface area contributed by atoms with Gasteiger partial charge in [-0.25, -0.2) is 0 Å². The molecule has 0 amide bonds. The maximum atomic E-state index is 9.87. The molecule has 0 unspecified atom stereocenters. The summed E-state index contributed by atoms with van der Waals surface area (Å²) in [6.07, 6.45) is 3.28. The summed E-state index contributed by atoms with van der Waals surface area (Å²) in [4.78, 5) is 9.87. The van der Waals surface area contributed by atoms with Gasteiger partial charge in [-0.05, 0) is 6.42 Å². The number of carboxylic acids is 1. The van der Waals surface area contributed by atoms with Crippen molar-refractivity contribution in [3.63, 3.8) is 0 Å². The Morgan fingerprint density at radius 3 is 2.09 bits per heavy atom. The van der Waals surface area contributed by atoms with Crippen molar-refractivity contribution >= 4 is 54.9 Å². The molecule has 0 heterocycles. The molecule has 0 radical (unpaired) electrons. The molecule has 0 fully saturated rings. The topological polar surface area (TPSA) is 37.3 Å². The molecule has 62 valence electrons. The van der Waals surface area contributed by atoms with Gasteiger partial charge in [0.25, 0.3) is 0 Å². The van der Waals surface area contributed by atoms with Crippen LogP contribution in [0, 0.1) is 0 Å². The van der Waals surface area contributed by atoms with Crippen molar-refractivity contribution in [2.75, 3.05) is 0 Å². The number of carboxylic acid groups (broad SMARTS) is 1. The molecule has 0 rings (SSSR count). The van der Waals surface area contributed by atoms with Crippen molar-refractivity contribution < 1.29 is 9.90 Å². The molecular formula is C8H17KO2. The molecule has 0 saturated heterocycles. The first kappa shape index (κ1) is 14.6. The van der Waals surface area contributed by atoms with E-state index in [1.54, 1.807) is 0 Å². The fraction of sp³-hybridized carbons (Fsp3) is 0.875. The van der Waals surface area contributed by atoms with Gasteiger partial charge in [0.2, 0.25) is 0 Å². The van der Waals surface area contributed by atoms with Crippen LogP contribution in [-0.4, -0.2) is 60.0 Å². The summed E-state index contributed by atoms with van der Waals surface area (Å²) in [6, 6.07) is 0. The zero-order chi connectivity index (χ0) is 9.11. The third-order valence-corrected chi connectivity index (χ3v) is 0.994. The van der Waals surface area contributed by atoms with E-state index in [1.807, 2.05) is 0 Å². The Balaban J connectivity index is 0. The van der Waals surface area contributed by atoms with Crippen LogP contribution in [0.5, 0.6) is 0 Å². The van der Waals surface area contributed by atoms with Crippen LogP contribution < -0.4 is 0 Å². The SMILES string of the molecule is CCCCCC(=O)O.C[CH2][K]. The second-order valence-electron chi connectivity index (χ2n) is 2.56. The minimum atomic E-state index is -0.682. The van der Waals surface area contributed by atoms with Crippen molar-refractivity contribution in [1.82, 2.24) is 0 Å². The summed E-state index contributed by atoms with van der Waals surface area (Å²) < 4.78 is 1.44. The van der Waals surface area contributed by atoms with Gasteiger partial charge >= 0.3 is 62.4 Å². The Hall–Kier alpha value is 1.11. The average molecular weight is 184 g/mol. The van der Waals surface area contributed by atoms with Crippen LogP contribution >= 0.6 is 0 Å². The number of aliphatic carboxylic acids is 1. The Labute approximate surface area is 103 Å². The number of hydrogen-bond acceptors (Lipinski definition) is 1. The van der Waals surface area contributed by atoms with Crippen LogP contribution in [0.4, 0.5) is 0 Å². The van der Waals surface area contributed by atoms with Gasteiger partial charge in [-0.3, -0.25) is 4.79 Å². The molecule has 0 aromatic carbocycles. The monoisotopic (exact) mass is 184 g/mol. The van der Waals surface area contributed by atoms with Crippen LogP contribution in [0.15, 0.2) is 0 Å². The summed E-state index contributed by atoms with van der Waals surface area (Å²) in [6.45, 7) is 4.27. The summed E-state index contributed by atoms with van der Waals surface area (Å²) >= 11 is 1.10. The Kier molecular flexibility index (Phi) is 18.2. The van der Waals surface area contributed by atoms with Crippen LogP contribution in [0.25, 0.3) is 0 Å². The number of carbonyl (C=O) groups is 1. The Morgan fingerprint density at radius 1 is 1.36 bits per heavy atom. The second kappa shape index (κ2) is 13.7. The molecule has 0 bridgehead atoms. The van der Waals surface area contributed by atoms with Crippen LogP contribution in [0.2, 0.25) is 0.515 Å². The van der Waals surface area contributed by atoms with Gasteiger partial charge in [-0.15, -0.1) is 0 Å². The molecule has 2 nitrogen and oxygen atoms in total. The third-order valence-electron chi connectivity index (χ3n) is 0.994. The summed E-state index contributed by atoms with van der Waals surface area (Å²) in [5.74, 6) is -0.682. The molecule has 1 N–H and O–H groups in total. The van der Waals surface area contributed by atoms with E-state index in [1.165, 1.54) is 0.515 Å². The van der Waals surface area contributed by atoms with Crippen LogP contribution in [0.3, 0.4) is 0 Å². The predicted octanol–water partition coefficient (Wildman–Crippen LogP) is 2.24. The Morgan fingerprint density at radius 2 is 1.82 bits per heavy atom. The molecule has 0 aromatic heterocycles. The quantitative estimate of drug-likeness (QED) is 0.537. The number of unbranched alkanes of at least 4 members (excludes halogenated alkanes) is 2. The number of rotatable bonds is 4. The van der Waals surface area contributed by atoms with Gasteiger partial charge in [-0.1, -0.05) is 19.8 Å². The molecule has 0 spiro atoms. The molecular weight excluding hydrogens is 167 g/mol. The van der Waals surface area contributed by atoms with E-state index in [0.29, 0.717) is 6.42 Å². The van der Waals surface area contributed by atoms with Crippen molar-refractivity contribution in [3.8, 4) is 0 Å². The summed E-state index contributed by atoms with van der Waals surface area (Å²) in [7, 11) is 0. The van der Waals surface area contributed by atoms with E-state index in [2.05, 4.69) is 13.8 Å². The number of hydrogen-bond donors (Lipinski definition) is 1. The average Bonchev–Trinajstić information content (AvgIpc) is 1.89. The zero-order valence-corrected chi connectivity index (χ0v) is 11.0. The third kappa shape index (κ3) is 24.7. The van der Waals surface area contributed by atoms with Crippen LogP contribution in [0.1, 0.15) is 39.5 Å². The van der Waals surface area contributed by atoms with E-state index in [0.717, 1.165) is 68.2 Å². The van der Waals surface area contributed by atoms with E-state index in [4.69, 9.17) is 5.11 Å². The van der Waals surface area contributed by atoms with E-state index in [9.17, 15) is 4.79 Å². The predicted molar refractivity (Wildman–Crippen MR) is 48.0 cm³/mol. The molecule has 0 aliphatic rings. The fourth-order valence-corrected chi connectivity index (χ4v) is 0.526. The van der Waals surface area contributed by atoms with E-state index in [-0.39, 0.29) is 0 Å². The van der Waals surface area contributed by atoms with Gasteiger partial charge in [0.15, 0.2) is 0 Å². The summed E-state index contributed by atoms with van der Waals surface area (Å²) in [5.41, 5.74) is 0. The molecule has 0 aliphatic heterocycles. The van der Waals surface area contributed by atoms with Gasteiger partial charge in [0.05, 0.1) is 0 Å². The van der Waals surface area contributed by atoms with Crippen molar-refractivity contribution in [1.29, 1.82) is 0 Å². The van der Waals surface area contributed by atoms with Crippen molar-refractivity contribution in [3.05, 3.63) is 0 Å². The first-order chi connectivity index (χ1) is 5.18. The first-order valence-corrected chi connectivity index (χ1v) is 6.61. The van der Waals surface area contributed by atoms with Gasteiger partial charge in [-0.2, -0.15) is 0 Å². The maximum absolute atomic E-state index is 9.87. The zero-order valence-electron chi connectivity index (χ0n) is 7.89. The standard InChI is InChI=1S/C6H12O2.C2H5.K/c1-2-3-4-5-6(7)8;1-2;/h2-5H2,1H3,(H,7,8);1H2,2H3;. The van der Waals surface area contributed by atoms with E-state index < -0.39 is 5.97 Å².